The van der Waals surface area contributed by atoms with Crippen molar-refractivity contribution in [1.29, 1.82) is 0 Å². The molecule has 1 atom stereocenters. The van der Waals surface area contributed by atoms with Gasteiger partial charge >= 0.3 is 5.97 Å². The van der Waals surface area contributed by atoms with Crippen molar-refractivity contribution in [2.75, 3.05) is 7.11 Å². The van der Waals surface area contributed by atoms with Gasteiger partial charge in [0.2, 0.25) is 0 Å². The number of halogens is 1. The molecular formula is C12H16BrNO4S. The zero-order valence-corrected chi connectivity index (χ0v) is 13.3. The predicted molar refractivity (Wildman–Crippen MR) is 76.9 cm³/mol. The van der Waals surface area contributed by atoms with Gasteiger partial charge in [-0.2, -0.15) is 0 Å². The molecule has 1 amide bonds. The van der Waals surface area contributed by atoms with E-state index in [0.29, 0.717) is 20.8 Å². The highest BCUT2D eigenvalue weighted by Gasteiger charge is 2.23. The molecule has 106 valence electrons. The van der Waals surface area contributed by atoms with Crippen molar-refractivity contribution in [3.63, 3.8) is 0 Å². The van der Waals surface area contributed by atoms with Crippen LogP contribution in [0.4, 0.5) is 0 Å². The summed E-state index contributed by atoms with van der Waals surface area (Å²) in [6, 6.07) is 0.706. The molecule has 1 heterocycles. The van der Waals surface area contributed by atoms with Crippen molar-refractivity contribution < 1.29 is 19.4 Å². The SMILES string of the molecule is COc1cc(C(=O)NC(CC(C)C)C(=O)O)sc1Br. The Morgan fingerprint density at radius 2 is 2.16 bits per heavy atom. The smallest absolute Gasteiger partial charge is 0.326 e. The minimum Gasteiger partial charge on any atom is -0.495 e. The van der Waals surface area contributed by atoms with Gasteiger partial charge in [-0.05, 0) is 28.3 Å². The van der Waals surface area contributed by atoms with Crippen LogP contribution < -0.4 is 10.1 Å². The zero-order chi connectivity index (χ0) is 14.6. The molecule has 0 fully saturated rings. The van der Waals surface area contributed by atoms with Crippen LogP contribution in [0.25, 0.3) is 0 Å². The summed E-state index contributed by atoms with van der Waals surface area (Å²) in [5.41, 5.74) is 0. The normalized spacial score (nSPS) is 12.3. The van der Waals surface area contributed by atoms with Gasteiger partial charge in [0.1, 0.15) is 15.6 Å². The van der Waals surface area contributed by atoms with Crippen LogP contribution in [0.15, 0.2) is 9.85 Å². The molecule has 2 N–H and O–H groups in total. The number of carbonyl (C=O) groups is 2. The summed E-state index contributed by atoms with van der Waals surface area (Å²) in [5.74, 6) is -0.677. The van der Waals surface area contributed by atoms with E-state index in [1.165, 1.54) is 18.4 Å². The fourth-order valence-electron chi connectivity index (χ4n) is 1.53. The number of nitrogens with one attached hydrogen (secondary N) is 1. The molecule has 0 spiro atoms. The van der Waals surface area contributed by atoms with Gasteiger partial charge in [-0.25, -0.2) is 4.79 Å². The Morgan fingerprint density at radius 1 is 1.53 bits per heavy atom. The molecule has 0 aliphatic rings. The van der Waals surface area contributed by atoms with Crippen molar-refractivity contribution in [1.82, 2.24) is 5.32 Å². The largest absolute Gasteiger partial charge is 0.495 e. The fraction of sp³-hybridized carbons (Fsp3) is 0.500. The van der Waals surface area contributed by atoms with Crippen LogP contribution >= 0.6 is 27.3 Å². The highest BCUT2D eigenvalue weighted by molar-refractivity contribution is 9.11. The first-order valence-electron chi connectivity index (χ1n) is 5.72. The third-order valence-electron chi connectivity index (χ3n) is 2.41. The van der Waals surface area contributed by atoms with E-state index in [9.17, 15) is 9.59 Å². The summed E-state index contributed by atoms with van der Waals surface area (Å²) in [4.78, 5) is 23.5. The molecule has 1 rings (SSSR count). The second-order valence-electron chi connectivity index (χ2n) is 4.45. The number of rotatable bonds is 6. The van der Waals surface area contributed by atoms with Crippen LogP contribution in [0.1, 0.15) is 29.9 Å². The maximum Gasteiger partial charge on any atom is 0.326 e. The summed E-state index contributed by atoms with van der Waals surface area (Å²) in [5, 5.41) is 11.6. The second-order valence-corrected chi connectivity index (χ2v) is 6.82. The number of thiophene rings is 1. The van der Waals surface area contributed by atoms with Crippen LogP contribution in [0.2, 0.25) is 0 Å². The first kappa shape index (κ1) is 16.0. The molecule has 5 nitrogen and oxygen atoms in total. The lowest BCUT2D eigenvalue weighted by atomic mass is 10.0. The number of amides is 1. The van der Waals surface area contributed by atoms with Crippen LogP contribution in [-0.4, -0.2) is 30.1 Å². The molecule has 0 saturated carbocycles. The highest BCUT2D eigenvalue weighted by atomic mass is 79.9. The molecule has 0 bridgehead atoms. The Balaban J connectivity index is 2.78. The Labute approximate surface area is 124 Å². The molecule has 19 heavy (non-hydrogen) atoms. The third kappa shape index (κ3) is 4.50. The van der Waals surface area contributed by atoms with E-state index in [0.717, 1.165) is 0 Å². The van der Waals surface area contributed by atoms with Crippen molar-refractivity contribution in [3.05, 3.63) is 14.7 Å². The summed E-state index contributed by atoms with van der Waals surface area (Å²) in [6.07, 6.45) is 0.394. The van der Waals surface area contributed by atoms with Crippen LogP contribution in [-0.2, 0) is 4.79 Å². The van der Waals surface area contributed by atoms with Gasteiger partial charge in [-0.1, -0.05) is 13.8 Å². The number of carboxylic acid groups (broad SMARTS) is 1. The van der Waals surface area contributed by atoms with Crippen LogP contribution in [0.5, 0.6) is 5.75 Å². The average molecular weight is 350 g/mol. The Hall–Kier alpha value is -1.08. The summed E-state index contributed by atoms with van der Waals surface area (Å²) >= 11 is 4.48. The van der Waals surface area contributed by atoms with Crippen molar-refractivity contribution >= 4 is 39.1 Å². The van der Waals surface area contributed by atoms with Crippen LogP contribution in [0, 0.1) is 5.92 Å². The maximum absolute atomic E-state index is 12.0. The maximum atomic E-state index is 12.0. The van der Waals surface area contributed by atoms with Crippen molar-refractivity contribution in [2.45, 2.75) is 26.3 Å². The fourth-order valence-corrected chi connectivity index (χ4v) is 3.08. The van der Waals surface area contributed by atoms with Gasteiger partial charge in [-0.3, -0.25) is 4.79 Å². The molecule has 0 saturated heterocycles. The number of hydrogen-bond acceptors (Lipinski definition) is 4. The minimum atomic E-state index is -1.02. The Morgan fingerprint density at radius 3 is 2.58 bits per heavy atom. The van der Waals surface area contributed by atoms with Gasteiger partial charge in [0.15, 0.2) is 0 Å². The molecule has 1 aromatic heterocycles. The molecule has 0 aliphatic heterocycles. The Kier molecular flexibility index (Phi) is 5.81. The van der Waals surface area contributed by atoms with Crippen molar-refractivity contribution in [3.8, 4) is 5.75 Å². The van der Waals surface area contributed by atoms with Crippen LogP contribution in [0.3, 0.4) is 0 Å². The standard InChI is InChI=1S/C12H16BrNO4S/c1-6(2)4-7(12(16)17)14-11(15)9-5-8(18-3)10(13)19-9/h5-7H,4H2,1-3H3,(H,14,15)(H,16,17). The monoisotopic (exact) mass is 349 g/mol. The molecule has 0 radical (unpaired) electrons. The average Bonchev–Trinajstić information content (AvgIpc) is 2.69. The zero-order valence-electron chi connectivity index (χ0n) is 10.9. The van der Waals surface area contributed by atoms with E-state index < -0.39 is 17.9 Å². The summed E-state index contributed by atoms with van der Waals surface area (Å²) < 4.78 is 5.76. The lowest BCUT2D eigenvalue weighted by Crippen LogP contribution is -2.41. The van der Waals surface area contributed by atoms with Gasteiger partial charge in [0.25, 0.3) is 5.91 Å². The minimum absolute atomic E-state index is 0.186. The first-order chi connectivity index (χ1) is 8.85. The summed E-state index contributed by atoms with van der Waals surface area (Å²) in [7, 11) is 1.51. The van der Waals surface area contributed by atoms with E-state index in [2.05, 4.69) is 21.2 Å². The number of aliphatic carboxylic acids is 1. The van der Waals surface area contributed by atoms with E-state index in [4.69, 9.17) is 9.84 Å². The van der Waals surface area contributed by atoms with Gasteiger partial charge in [0.05, 0.1) is 12.0 Å². The topological polar surface area (TPSA) is 75.6 Å². The molecule has 0 aromatic carbocycles. The number of methoxy groups -OCH3 is 1. The van der Waals surface area contributed by atoms with Crippen molar-refractivity contribution in [2.24, 2.45) is 5.92 Å². The Bertz CT molecular complexity index is 472. The third-order valence-corrected chi connectivity index (χ3v) is 4.19. The number of hydrogen-bond donors (Lipinski definition) is 2. The number of ether oxygens (including phenoxy) is 1. The van der Waals surface area contributed by atoms with E-state index in [-0.39, 0.29) is 5.92 Å². The first-order valence-corrected chi connectivity index (χ1v) is 7.33. The second kappa shape index (κ2) is 6.91. The number of carbonyl (C=O) groups excluding carboxylic acids is 1. The lowest BCUT2D eigenvalue weighted by Gasteiger charge is -2.15. The highest BCUT2D eigenvalue weighted by Crippen LogP contribution is 2.34. The molecule has 0 aliphatic carbocycles. The molecule has 1 unspecified atom stereocenters. The van der Waals surface area contributed by atoms with E-state index in [1.807, 2.05) is 13.8 Å². The van der Waals surface area contributed by atoms with Gasteiger partial charge in [-0.15, -0.1) is 11.3 Å². The predicted octanol–water partition coefficient (Wildman–Crippen LogP) is 2.75. The lowest BCUT2D eigenvalue weighted by molar-refractivity contribution is -0.139. The molecule has 7 heteroatoms. The van der Waals surface area contributed by atoms with E-state index >= 15 is 0 Å². The quantitative estimate of drug-likeness (QED) is 0.827. The van der Waals surface area contributed by atoms with Gasteiger partial charge in [0, 0.05) is 6.07 Å². The van der Waals surface area contributed by atoms with E-state index in [1.54, 1.807) is 6.07 Å². The molecular weight excluding hydrogens is 334 g/mol. The molecule has 1 aromatic rings. The number of carboxylic acids is 1. The summed E-state index contributed by atoms with van der Waals surface area (Å²) in [6.45, 7) is 3.82. The van der Waals surface area contributed by atoms with Gasteiger partial charge < -0.3 is 15.2 Å².